The minimum atomic E-state index is -0.151. The Hall–Kier alpha value is -1.38. The second-order valence-corrected chi connectivity index (χ2v) is 5.34. The number of rotatable bonds is 5. The van der Waals surface area contributed by atoms with Gasteiger partial charge in [-0.25, -0.2) is 4.39 Å². The molecule has 3 heteroatoms. The lowest BCUT2D eigenvalue weighted by atomic mass is 9.95. The quantitative estimate of drug-likeness (QED) is 0.843. The first-order chi connectivity index (χ1) is 9.61. The fraction of sp³-hybridized carbons (Fsp3) is 0.294. The number of halogens is 2. The summed E-state index contributed by atoms with van der Waals surface area (Å²) >= 11 is 6.00. The van der Waals surface area contributed by atoms with Crippen molar-refractivity contribution < 1.29 is 4.39 Å². The highest BCUT2D eigenvalue weighted by atomic mass is 35.5. The van der Waals surface area contributed by atoms with Gasteiger partial charge in [-0.15, -0.1) is 0 Å². The highest BCUT2D eigenvalue weighted by molar-refractivity contribution is 6.30. The SMILES string of the molecule is CCNC(Cc1ccccc1F)c1ccc(Cl)cc1C. The fourth-order valence-corrected chi connectivity index (χ4v) is 2.68. The van der Waals surface area contributed by atoms with Crippen molar-refractivity contribution in [2.24, 2.45) is 0 Å². The Morgan fingerprint density at radius 3 is 2.60 bits per heavy atom. The molecule has 2 aromatic carbocycles. The predicted molar refractivity (Wildman–Crippen MR) is 82.7 cm³/mol. The second-order valence-electron chi connectivity index (χ2n) is 4.91. The van der Waals surface area contributed by atoms with Crippen LogP contribution in [0.25, 0.3) is 0 Å². The van der Waals surface area contributed by atoms with Gasteiger partial charge in [0, 0.05) is 11.1 Å². The molecule has 0 amide bonds. The van der Waals surface area contributed by atoms with E-state index in [1.54, 1.807) is 6.07 Å². The van der Waals surface area contributed by atoms with Gasteiger partial charge < -0.3 is 5.32 Å². The lowest BCUT2D eigenvalue weighted by molar-refractivity contribution is 0.526. The maximum atomic E-state index is 13.8. The van der Waals surface area contributed by atoms with Crippen molar-refractivity contribution in [1.82, 2.24) is 5.32 Å². The van der Waals surface area contributed by atoms with E-state index in [0.717, 1.165) is 22.7 Å². The molecule has 0 radical (unpaired) electrons. The molecular weight excluding hydrogens is 273 g/mol. The second kappa shape index (κ2) is 6.87. The number of hydrogen-bond acceptors (Lipinski definition) is 1. The summed E-state index contributed by atoms with van der Waals surface area (Å²) in [7, 11) is 0. The molecule has 1 N–H and O–H groups in total. The first-order valence-corrected chi connectivity index (χ1v) is 7.22. The first kappa shape index (κ1) is 15.0. The average Bonchev–Trinajstić information content (AvgIpc) is 2.41. The Morgan fingerprint density at radius 2 is 1.95 bits per heavy atom. The van der Waals surface area contributed by atoms with Crippen molar-refractivity contribution in [3.8, 4) is 0 Å². The molecule has 1 atom stereocenters. The van der Waals surface area contributed by atoms with E-state index in [9.17, 15) is 4.39 Å². The maximum Gasteiger partial charge on any atom is 0.126 e. The molecule has 0 aliphatic rings. The van der Waals surface area contributed by atoms with E-state index < -0.39 is 0 Å². The monoisotopic (exact) mass is 291 g/mol. The van der Waals surface area contributed by atoms with E-state index in [0.29, 0.717) is 6.42 Å². The summed E-state index contributed by atoms with van der Waals surface area (Å²) in [5.74, 6) is -0.151. The van der Waals surface area contributed by atoms with Crippen molar-refractivity contribution in [3.63, 3.8) is 0 Å². The van der Waals surface area contributed by atoms with E-state index in [4.69, 9.17) is 11.6 Å². The van der Waals surface area contributed by atoms with Gasteiger partial charge in [-0.3, -0.25) is 0 Å². The minimum Gasteiger partial charge on any atom is -0.310 e. The predicted octanol–water partition coefficient (Wildman–Crippen LogP) is 4.68. The molecule has 106 valence electrons. The zero-order chi connectivity index (χ0) is 14.5. The molecule has 0 aliphatic carbocycles. The van der Waals surface area contributed by atoms with Crippen molar-refractivity contribution in [1.29, 1.82) is 0 Å². The zero-order valence-corrected chi connectivity index (χ0v) is 12.5. The third-order valence-corrected chi connectivity index (χ3v) is 3.67. The molecule has 0 saturated heterocycles. The molecular formula is C17H19ClFN. The van der Waals surface area contributed by atoms with Gasteiger partial charge >= 0.3 is 0 Å². The standard InChI is InChI=1S/C17H19ClFN/c1-3-20-17(11-13-6-4-5-7-16(13)19)15-9-8-14(18)10-12(15)2/h4-10,17,20H,3,11H2,1-2H3. The van der Waals surface area contributed by atoms with Gasteiger partial charge in [0.1, 0.15) is 5.82 Å². The number of nitrogens with one attached hydrogen (secondary N) is 1. The van der Waals surface area contributed by atoms with Crippen molar-refractivity contribution in [2.75, 3.05) is 6.54 Å². The van der Waals surface area contributed by atoms with Crippen LogP contribution in [0.1, 0.15) is 29.7 Å². The third-order valence-electron chi connectivity index (χ3n) is 3.44. The van der Waals surface area contributed by atoms with Gasteiger partial charge in [0.2, 0.25) is 0 Å². The van der Waals surface area contributed by atoms with E-state index in [-0.39, 0.29) is 11.9 Å². The van der Waals surface area contributed by atoms with Crippen LogP contribution in [0.3, 0.4) is 0 Å². The molecule has 20 heavy (non-hydrogen) atoms. The largest absolute Gasteiger partial charge is 0.310 e. The lowest BCUT2D eigenvalue weighted by Gasteiger charge is -2.21. The maximum absolute atomic E-state index is 13.8. The van der Waals surface area contributed by atoms with E-state index in [2.05, 4.69) is 12.2 Å². The van der Waals surface area contributed by atoms with Crippen LogP contribution in [0.5, 0.6) is 0 Å². The molecule has 1 unspecified atom stereocenters. The van der Waals surface area contributed by atoms with E-state index >= 15 is 0 Å². The molecule has 0 saturated carbocycles. The van der Waals surface area contributed by atoms with Gasteiger partial charge in [0.15, 0.2) is 0 Å². The summed E-state index contributed by atoms with van der Waals surface area (Å²) in [5, 5.41) is 4.15. The smallest absolute Gasteiger partial charge is 0.126 e. The Kier molecular flexibility index (Phi) is 5.16. The van der Waals surface area contributed by atoms with Gasteiger partial charge in [-0.05, 0) is 54.8 Å². The van der Waals surface area contributed by atoms with E-state index in [1.807, 2.05) is 37.3 Å². The molecule has 1 nitrogen and oxygen atoms in total. The number of likely N-dealkylation sites (N-methyl/N-ethyl adjacent to an activating group) is 1. The summed E-state index contributed by atoms with van der Waals surface area (Å²) in [6.07, 6.45) is 0.628. The highest BCUT2D eigenvalue weighted by Gasteiger charge is 2.15. The van der Waals surface area contributed by atoms with E-state index in [1.165, 1.54) is 11.6 Å². The van der Waals surface area contributed by atoms with Gasteiger partial charge in [-0.2, -0.15) is 0 Å². The molecule has 0 fully saturated rings. The Balaban J connectivity index is 2.29. The minimum absolute atomic E-state index is 0.0918. The van der Waals surface area contributed by atoms with Crippen LogP contribution in [0, 0.1) is 12.7 Å². The van der Waals surface area contributed by atoms with Crippen molar-refractivity contribution in [3.05, 3.63) is 70.0 Å². The molecule has 2 rings (SSSR count). The number of aryl methyl sites for hydroxylation is 1. The molecule has 2 aromatic rings. The van der Waals surface area contributed by atoms with Crippen LogP contribution < -0.4 is 5.32 Å². The topological polar surface area (TPSA) is 12.0 Å². The average molecular weight is 292 g/mol. The van der Waals surface area contributed by atoms with Crippen LogP contribution in [0.4, 0.5) is 4.39 Å². The molecule has 0 heterocycles. The molecule has 0 aromatic heterocycles. The Bertz CT molecular complexity index is 583. The zero-order valence-electron chi connectivity index (χ0n) is 11.8. The summed E-state index contributed by atoms with van der Waals surface area (Å²) in [6, 6.07) is 12.9. The van der Waals surface area contributed by atoms with Crippen LogP contribution in [-0.4, -0.2) is 6.54 Å². The normalized spacial score (nSPS) is 12.4. The molecule has 0 aliphatic heterocycles. The summed E-state index contributed by atoms with van der Waals surface area (Å²) in [4.78, 5) is 0. The first-order valence-electron chi connectivity index (χ1n) is 6.84. The summed E-state index contributed by atoms with van der Waals surface area (Å²) in [6.45, 7) is 4.92. The summed E-state index contributed by atoms with van der Waals surface area (Å²) < 4.78 is 13.8. The van der Waals surface area contributed by atoms with Crippen LogP contribution >= 0.6 is 11.6 Å². The third kappa shape index (κ3) is 3.59. The fourth-order valence-electron chi connectivity index (χ4n) is 2.45. The van der Waals surface area contributed by atoms with Gasteiger partial charge in [-0.1, -0.05) is 42.8 Å². The van der Waals surface area contributed by atoms with Gasteiger partial charge in [0.25, 0.3) is 0 Å². The molecule has 0 spiro atoms. The Labute approximate surface area is 124 Å². The number of benzene rings is 2. The summed E-state index contributed by atoms with van der Waals surface area (Å²) in [5.41, 5.74) is 3.02. The van der Waals surface area contributed by atoms with Crippen LogP contribution in [0.15, 0.2) is 42.5 Å². The van der Waals surface area contributed by atoms with Crippen LogP contribution in [-0.2, 0) is 6.42 Å². The molecule has 0 bridgehead atoms. The van der Waals surface area contributed by atoms with Crippen molar-refractivity contribution in [2.45, 2.75) is 26.3 Å². The highest BCUT2D eigenvalue weighted by Crippen LogP contribution is 2.25. The van der Waals surface area contributed by atoms with Crippen molar-refractivity contribution >= 4 is 11.6 Å². The lowest BCUT2D eigenvalue weighted by Crippen LogP contribution is -2.24. The van der Waals surface area contributed by atoms with Crippen LogP contribution in [0.2, 0.25) is 5.02 Å². The van der Waals surface area contributed by atoms with Gasteiger partial charge in [0.05, 0.1) is 0 Å². The number of hydrogen-bond donors (Lipinski definition) is 1. The Morgan fingerprint density at radius 1 is 1.20 bits per heavy atom.